The van der Waals surface area contributed by atoms with Crippen LogP contribution in [0.1, 0.15) is 50.7 Å². The number of nitrogens with one attached hydrogen (secondary N) is 4. The highest BCUT2D eigenvalue weighted by atomic mass is 32.2. The third kappa shape index (κ3) is 25.6. The first-order chi connectivity index (χ1) is 33.8. The number of unbranched alkanes of at least 4 members (excludes halogenated alkanes) is 1. The number of aromatic hydroxyl groups is 2. The fourth-order valence-corrected chi connectivity index (χ4v) is 11.2. The van der Waals surface area contributed by atoms with E-state index in [9.17, 15) is 67.9 Å². The third-order valence-corrected chi connectivity index (χ3v) is 16.4. The van der Waals surface area contributed by atoms with Gasteiger partial charge in [-0.05, 0) is 81.0 Å². The molecule has 0 aliphatic carbocycles. The molecule has 2 aromatic carbocycles. The Bertz CT molecular complexity index is 2590. The summed E-state index contributed by atoms with van der Waals surface area (Å²) in [6.45, 7) is -2.27. The smallest absolute Gasteiger partial charge is 0.235 e. The highest BCUT2D eigenvalue weighted by Gasteiger charge is 2.32. The Hall–Kier alpha value is -5.05. The van der Waals surface area contributed by atoms with Gasteiger partial charge in [0.15, 0.2) is 0 Å². The lowest BCUT2D eigenvalue weighted by molar-refractivity contribution is -0.123. The number of hydrogen-bond donors (Lipinski definition) is 9. The molecule has 0 saturated carbocycles. The normalized spacial score (nSPS) is 14.1. The quantitative estimate of drug-likeness (QED) is 0.0299. The monoisotopic (exact) mass is 1110 g/mol. The van der Waals surface area contributed by atoms with E-state index in [-0.39, 0.29) is 63.4 Å². The highest BCUT2D eigenvalue weighted by molar-refractivity contribution is 7.89. The molecule has 12 N–H and O–H groups in total. The summed E-state index contributed by atoms with van der Waals surface area (Å²) < 4.78 is 108. The summed E-state index contributed by atoms with van der Waals surface area (Å²) in [5.74, 6) is -4.68. The maximum absolute atomic E-state index is 13.9. The Morgan fingerprint density at radius 1 is 0.548 bits per heavy atom. The minimum atomic E-state index is -4.26. The van der Waals surface area contributed by atoms with Gasteiger partial charge in [-0.15, -0.1) is 0 Å². The number of sulfonamides is 4. The Kier molecular flexibility index (Phi) is 26.1. The molecule has 30 heteroatoms. The molecule has 5 amide bonds. The zero-order chi connectivity index (χ0) is 55.3. The number of aryl methyl sites for hydroxylation is 1. The maximum Gasteiger partial charge on any atom is 0.235 e. The zero-order valence-electron chi connectivity index (χ0n) is 41.8. The van der Waals surface area contributed by atoms with Crippen LogP contribution in [0.5, 0.6) is 11.5 Å². The second kappa shape index (κ2) is 29.7. The Balaban J connectivity index is 2.42. The molecule has 0 aliphatic heterocycles. The molecule has 0 aliphatic rings. The average Bonchev–Trinajstić information content (AvgIpc) is 3.24. The molecule has 73 heavy (non-hydrogen) atoms. The molecule has 2 aromatic rings. The fourth-order valence-electron chi connectivity index (χ4n) is 7.44. The lowest BCUT2D eigenvalue weighted by Crippen LogP contribution is -2.54. The van der Waals surface area contributed by atoms with Gasteiger partial charge in [0.05, 0.1) is 50.7 Å². The van der Waals surface area contributed by atoms with Crippen LogP contribution in [0.15, 0.2) is 48.5 Å². The van der Waals surface area contributed by atoms with Gasteiger partial charge in [0.2, 0.25) is 69.6 Å². The summed E-state index contributed by atoms with van der Waals surface area (Å²) in [5, 5.41) is 30.1. The van der Waals surface area contributed by atoms with Gasteiger partial charge < -0.3 is 48.7 Å². The van der Waals surface area contributed by atoms with Crippen molar-refractivity contribution in [2.75, 3.05) is 90.0 Å². The van der Waals surface area contributed by atoms with Crippen molar-refractivity contribution in [2.24, 2.45) is 17.2 Å². The molecule has 414 valence electrons. The number of rotatable bonds is 35. The number of nitrogens with two attached hydrogens (primary N) is 3. The van der Waals surface area contributed by atoms with Gasteiger partial charge in [-0.25, -0.2) is 33.7 Å². The number of nitrogens with zero attached hydrogens (tertiary/aromatic N) is 4. The Morgan fingerprint density at radius 2 is 0.973 bits per heavy atom. The molecular formula is C43H73N11O15S4. The first kappa shape index (κ1) is 64.1. The van der Waals surface area contributed by atoms with Crippen molar-refractivity contribution in [3.05, 3.63) is 59.7 Å². The van der Waals surface area contributed by atoms with E-state index in [1.165, 1.54) is 38.1 Å². The van der Waals surface area contributed by atoms with Crippen molar-refractivity contribution in [2.45, 2.75) is 76.5 Å². The lowest BCUT2D eigenvalue weighted by Gasteiger charge is -2.30. The van der Waals surface area contributed by atoms with E-state index in [0.29, 0.717) is 24.0 Å². The third-order valence-electron chi connectivity index (χ3n) is 10.9. The van der Waals surface area contributed by atoms with Gasteiger partial charge in [-0.2, -0.15) is 17.2 Å². The number of carbonyl (C=O) groups excluding carboxylic acids is 5. The number of phenols is 2. The number of benzene rings is 2. The molecule has 0 heterocycles. The zero-order valence-corrected chi connectivity index (χ0v) is 45.1. The van der Waals surface area contributed by atoms with Gasteiger partial charge in [0, 0.05) is 63.8 Å². The molecule has 0 aromatic heterocycles. The summed E-state index contributed by atoms with van der Waals surface area (Å²) >= 11 is 0. The summed E-state index contributed by atoms with van der Waals surface area (Å²) in [7, 11) is -16.6. The molecule has 0 spiro atoms. The molecular weight excluding hydrogens is 1040 g/mol. The van der Waals surface area contributed by atoms with Crippen LogP contribution in [-0.4, -0.2) is 205 Å². The van der Waals surface area contributed by atoms with E-state index in [2.05, 4.69) is 21.3 Å². The summed E-state index contributed by atoms with van der Waals surface area (Å²) in [5.41, 5.74) is 17.8. The molecule has 0 fully saturated rings. The topological polar surface area (TPSA) is 402 Å². The van der Waals surface area contributed by atoms with Crippen molar-refractivity contribution in [3.63, 3.8) is 0 Å². The van der Waals surface area contributed by atoms with Crippen LogP contribution >= 0.6 is 0 Å². The van der Waals surface area contributed by atoms with Crippen molar-refractivity contribution in [3.8, 4) is 11.5 Å². The second-order valence-electron chi connectivity index (χ2n) is 17.8. The first-order valence-corrected chi connectivity index (χ1v) is 30.2. The molecule has 26 nitrogen and oxygen atoms in total. The van der Waals surface area contributed by atoms with Gasteiger partial charge in [0.1, 0.15) is 11.5 Å². The maximum atomic E-state index is 13.9. The van der Waals surface area contributed by atoms with E-state index >= 15 is 0 Å². The van der Waals surface area contributed by atoms with Crippen LogP contribution in [0.3, 0.4) is 0 Å². The number of carbonyl (C=O) groups is 5. The van der Waals surface area contributed by atoms with E-state index < -0.39 is 139 Å². The van der Waals surface area contributed by atoms with Crippen molar-refractivity contribution >= 4 is 69.6 Å². The van der Waals surface area contributed by atoms with Crippen LogP contribution in [0, 0.1) is 0 Å². The van der Waals surface area contributed by atoms with E-state index in [1.807, 2.05) is 0 Å². The van der Waals surface area contributed by atoms with Crippen LogP contribution < -0.4 is 38.5 Å². The Labute approximate surface area is 428 Å². The van der Waals surface area contributed by atoms with Crippen molar-refractivity contribution in [1.29, 1.82) is 0 Å². The summed E-state index contributed by atoms with van der Waals surface area (Å²) in [4.78, 5) is 64.7. The molecule has 0 bridgehead atoms. The molecule has 0 saturated heterocycles. The minimum absolute atomic E-state index is 0.0156. The predicted octanol–water partition coefficient (Wildman–Crippen LogP) is -3.76. The van der Waals surface area contributed by atoms with Gasteiger partial charge in [-0.3, -0.25) is 24.0 Å². The van der Waals surface area contributed by atoms with Crippen LogP contribution in [0.4, 0.5) is 0 Å². The van der Waals surface area contributed by atoms with E-state index in [0.717, 1.165) is 36.0 Å². The van der Waals surface area contributed by atoms with Gasteiger partial charge in [-0.1, -0.05) is 30.7 Å². The molecule has 4 atom stereocenters. The van der Waals surface area contributed by atoms with Gasteiger partial charge >= 0.3 is 0 Å². The summed E-state index contributed by atoms with van der Waals surface area (Å²) in [6.07, 6.45) is 3.74. The number of primary amides is 1. The van der Waals surface area contributed by atoms with Crippen LogP contribution in [-0.2, 0) is 76.9 Å². The molecule has 0 unspecified atom stereocenters. The average molecular weight is 1110 g/mol. The van der Waals surface area contributed by atoms with Gasteiger partial charge in [0.25, 0.3) is 0 Å². The number of phenolic OH excluding ortho intramolecular Hbond substituents is 2. The van der Waals surface area contributed by atoms with E-state index in [1.54, 1.807) is 24.3 Å². The van der Waals surface area contributed by atoms with Crippen LogP contribution in [0.2, 0.25) is 0 Å². The fraction of sp³-hybridized carbons (Fsp3) is 0.605. The lowest BCUT2D eigenvalue weighted by atomic mass is 10.0. The SMILES string of the molecule is CC(=O)N[C@@H](Cc1ccc(O)cc1)CN(CC(=O)N[C@@H](CCCCN)CN(CC(=O)N[C@@H](CCc1ccc(O)cc1)CN(CC(=O)N[C@@H](C)CN(CC(N)=O)S(C)(=O)=O)S(C)(=O)=O)S(C)(=O)=O)S(=O)(=O)CCN. The summed E-state index contributed by atoms with van der Waals surface area (Å²) in [6, 6.07) is 8.12. The molecule has 0 radical (unpaired) electrons. The predicted molar refractivity (Wildman–Crippen MR) is 273 cm³/mol. The van der Waals surface area contributed by atoms with Crippen LogP contribution in [0.25, 0.3) is 0 Å². The molecule has 2 rings (SSSR count). The minimum Gasteiger partial charge on any atom is -0.508 e. The number of hydrogen-bond acceptors (Lipinski definition) is 17. The van der Waals surface area contributed by atoms with E-state index in [4.69, 9.17) is 17.2 Å². The Morgan fingerprint density at radius 3 is 1.41 bits per heavy atom. The highest BCUT2D eigenvalue weighted by Crippen LogP contribution is 2.16. The van der Waals surface area contributed by atoms with Crippen molar-refractivity contribution in [1.82, 2.24) is 38.5 Å². The second-order valence-corrected chi connectivity index (χ2v) is 25.8. The first-order valence-electron chi connectivity index (χ1n) is 23.0. The number of amides is 5. The van der Waals surface area contributed by atoms with Crippen molar-refractivity contribution < 1.29 is 67.9 Å². The largest absolute Gasteiger partial charge is 0.508 e. The standard InChI is InChI=1S/C43H73N11O15S4/c1-31(23-51(27-40(46)58)70(3,62)63)47-41(59)28-53(72(5,66)67)25-36(14-9-33-10-15-38(56)16-11-33)50-42(60)29-52(71(4,64)65)24-35(8-6-7-19-44)49-43(61)30-54(73(68,69)21-20-45)26-37(48-32(2)55)22-34-12-17-39(57)18-13-34/h10-13,15-18,31,35-37,56-57H,6-9,14,19-30,44-45H2,1-5H3,(H2,46,58)(H,47,59)(H,48,55)(H,49,61)(H,50,60)/t31-,35-,36-,37-/m0/s1.